The van der Waals surface area contributed by atoms with E-state index >= 15 is 0 Å². The van der Waals surface area contributed by atoms with E-state index in [0.717, 1.165) is 12.0 Å². The van der Waals surface area contributed by atoms with Gasteiger partial charge in [-0.25, -0.2) is 4.68 Å². The highest BCUT2D eigenvalue weighted by atomic mass is 32.2. The van der Waals surface area contributed by atoms with Gasteiger partial charge in [0.2, 0.25) is 11.1 Å². The van der Waals surface area contributed by atoms with E-state index in [0.29, 0.717) is 29.1 Å². The Kier molecular flexibility index (Phi) is 6.04. The van der Waals surface area contributed by atoms with Crippen molar-refractivity contribution in [2.45, 2.75) is 50.2 Å². The van der Waals surface area contributed by atoms with E-state index in [2.05, 4.69) is 46.7 Å². The number of hydrogen-bond acceptors (Lipinski definition) is 5. The third kappa shape index (κ3) is 4.56. The summed E-state index contributed by atoms with van der Waals surface area (Å²) in [6.45, 7) is 2.22. The number of nitrogens with zero attached hydrogens (tertiary/aromatic N) is 3. The summed E-state index contributed by atoms with van der Waals surface area (Å²) in [5.74, 6) is 7.79. The van der Waals surface area contributed by atoms with Crippen molar-refractivity contribution in [3.8, 4) is 0 Å². The van der Waals surface area contributed by atoms with Crippen molar-refractivity contribution in [1.29, 1.82) is 0 Å². The van der Waals surface area contributed by atoms with Crippen LogP contribution in [0.5, 0.6) is 0 Å². The van der Waals surface area contributed by atoms with Crippen LogP contribution in [0.2, 0.25) is 0 Å². The maximum absolute atomic E-state index is 12.4. The number of hydrogen-bond donors (Lipinski definition) is 2. The van der Waals surface area contributed by atoms with Crippen LogP contribution >= 0.6 is 11.8 Å². The van der Waals surface area contributed by atoms with Crippen molar-refractivity contribution in [1.82, 2.24) is 20.2 Å². The largest absolute Gasteiger partial charge is 0.352 e. The van der Waals surface area contributed by atoms with Crippen molar-refractivity contribution in [2.24, 2.45) is 5.92 Å². The number of carbonyl (C=O) groups is 1. The van der Waals surface area contributed by atoms with E-state index in [1.807, 2.05) is 18.2 Å². The molecule has 3 N–H and O–H groups in total. The number of rotatable bonds is 6. The van der Waals surface area contributed by atoms with Crippen LogP contribution in [0.1, 0.15) is 44.0 Å². The summed E-state index contributed by atoms with van der Waals surface area (Å²) in [4.78, 5) is 12.4. The summed E-state index contributed by atoms with van der Waals surface area (Å²) >= 11 is 1.33. The zero-order chi connectivity index (χ0) is 20.2. The van der Waals surface area contributed by atoms with Crippen LogP contribution in [0, 0.1) is 5.92 Å². The Morgan fingerprint density at radius 1 is 1.17 bits per heavy atom. The molecule has 2 atom stereocenters. The Balaban J connectivity index is 1.39. The molecule has 7 heteroatoms. The number of fused-ring (bicyclic) bond motifs is 1. The first-order valence-corrected chi connectivity index (χ1v) is 11.2. The molecule has 2 aromatic carbocycles. The molecule has 1 saturated carbocycles. The van der Waals surface area contributed by atoms with Gasteiger partial charge in [-0.1, -0.05) is 74.0 Å². The predicted molar refractivity (Wildman–Crippen MR) is 117 cm³/mol. The van der Waals surface area contributed by atoms with Crippen LogP contribution in [-0.2, 0) is 11.2 Å². The molecule has 0 spiro atoms. The average Bonchev–Trinajstić information content (AvgIpc) is 3.08. The number of nitrogens with one attached hydrogen (secondary N) is 1. The van der Waals surface area contributed by atoms with Gasteiger partial charge in [0.05, 0.1) is 5.75 Å². The lowest BCUT2D eigenvalue weighted by molar-refractivity contribution is -0.119. The van der Waals surface area contributed by atoms with Gasteiger partial charge >= 0.3 is 0 Å². The molecule has 0 unspecified atom stereocenters. The number of carbonyl (C=O) groups excluding carboxylic acids is 1. The molecule has 0 aliphatic heterocycles. The summed E-state index contributed by atoms with van der Waals surface area (Å²) in [6.07, 6.45) is 5.30. The molecule has 3 aromatic rings. The van der Waals surface area contributed by atoms with Gasteiger partial charge in [0, 0.05) is 12.5 Å². The lowest BCUT2D eigenvalue weighted by atomic mass is 9.86. The molecule has 1 fully saturated rings. The second-order valence-corrected chi connectivity index (χ2v) is 8.75. The number of thioether (sulfide) groups is 1. The second-order valence-electron chi connectivity index (χ2n) is 7.81. The van der Waals surface area contributed by atoms with Crippen LogP contribution in [0.4, 0.5) is 0 Å². The van der Waals surface area contributed by atoms with E-state index in [9.17, 15) is 4.79 Å². The molecule has 0 radical (unpaired) electrons. The molecule has 1 aromatic heterocycles. The maximum atomic E-state index is 12.4. The van der Waals surface area contributed by atoms with Crippen LogP contribution in [0.25, 0.3) is 10.8 Å². The molecular weight excluding hydrogens is 382 g/mol. The second kappa shape index (κ2) is 8.86. The lowest BCUT2D eigenvalue weighted by Gasteiger charge is -2.29. The third-order valence-corrected chi connectivity index (χ3v) is 6.70. The normalized spacial score (nSPS) is 19.3. The lowest BCUT2D eigenvalue weighted by Crippen LogP contribution is -2.41. The molecule has 1 heterocycles. The zero-order valence-electron chi connectivity index (χ0n) is 16.7. The summed E-state index contributed by atoms with van der Waals surface area (Å²) < 4.78 is 1.50. The molecule has 1 amide bonds. The number of amides is 1. The fourth-order valence-electron chi connectivity index (χ4n) is 4.05. The van der Waals surface area contributed by atoms with E-state index in [1.165, 1.54) is 46.5 Å². The Morgan fingerprint density at radius 3 is 2.83 bits per heavy atom. The van der Waals surface area contributed by atoms with E-state index in [-0.39, 0.29) is 11.9 Å². The maximum Gasteiger partial charge on any atom is 0.230 e. The Bertz CT molecular complexity index is 997. The summed E-state index contributed by atoms with van der Waals surface area (Å²) in [5.41, 5.74) is 1.16. The molecule has 0 saturated heterocycles. The van der Waals surface area contributed by atoms with Gasteiger partial charge in [0.25, 0.3) is 0 Å². The van der Waals surface area contributed by atoms with Crippen LogP contribution in [0.15, 0.2) is 47.6 Å². The van der Waals surface area contributed by atoms with Gasteiger partial charge < -0.3 is 11.2 Å². The molecule has 6 nitrogen and oxygen atoms in total. The Hall–Kier alpha value is -2.54. The number of nitrogens with two attached hydrogens (primary N) is 1. The molecule has 152 valence electrons. The molecule has 4 rings (SSSR count). The topological polar surface area (TPSA) is 85.8 Å². The van der Waals surface area contributed by atoms with Gasteiger partial charge in [-0.3, -0.25) is 4.79 Å². The molecule has 0 bridgehead atoms. The summed E-state index contributed by atoms with van der Waals surface area (Å²) in [7, 11) is 0. The van der Waals surface area contributed by atoms with Gasteiger partial charge in [-0.2, -0.15) is 0 Å². The standard InChI is InChI=1S/C22H27N5OS/c1-15-7-2-5-12-19(15)24-21(28)14-29-22-26-25-20(27(22)23)13-17-10-6-9-16-8-3-4-11-18(16)17/h3-4,6,8-11,15,19H,2,5,7,12-14,23H2,1H3,(H,24,28)/t15-,19+/m1/s1. The van der Waals surface area contributed by atoms with Crippen molar-refractivity contribution in [3.63, 3.8) is 0 Å². The molecular formula is C22H27N5OS. The van der Waals surface area contributed by atoms with Gasteiger partial charge in [0.15, 0.2) is 5.82 Å². The molecule has 1 aliphatic carbocycles. The fourth-order valence-corrected chi connectivity index (χ4v) is 4.74. The average molecular weight is 410 g/mol. The quantitative estimate of drug-likeness (QED) is 0.481. The first kappa shape index (κ1) is 19.8. The first-order chi connectivity index (χ1) is 14.1. The number of nitrogen functional groups attached to an aromatic ring is 1. The van der Waals surface area contributed by atoms with Gasteiger partial charge in [0.1, 0.15) is 0 Å². The van der Waals surface area contributed by atoms with E-state index in [4.69, 9.17) is 5.84 Å². The zero-order valence-corrected chi connectivity index (χ0v) is 17.5. The summed E-state index contributed by atoms with van der Waals surface area (Å²) in [5, 5.41) is 14.6. The summed E-state index contributed by atoms with van der Waals surface area (Å²) in [6, 6.07) is 14.8. The van der Waals surface area contributed by atoms with E-state index < -0.39 is 0 Å². The first-order valence-electron chi connectivity index (χ1n) is 10.2. The van der Waals surface area contributed by atoms with Crippen molar-refractivity contribution >= 4 is 28.4 Å². The Labute approximate surface area is 175 Å². The highest BCUT2D eigenvalue weighted by Gasteiger charge is 2.23. The highest BCUT2D eigenvalue weighted by Crippen LogP contribution is 2.25. The molecule has 29 heavy (non-hydrogen) atoms. The minimum absolute atomic E-state index is 0.0346. The van der Waals surface area contributed by atoms with Gasteiger partial charge in [-0.05, 0) is 35.1 Å². The monoisotopic (exact) mass is 409 g/mol. The van der Waals surface area contributed by atoms with Crippen LogP contribution in [0.3, 0.4) is 0 Å². The van der Waals surface area contributed by atoms with Crippen molar-refractivity contribution < 1.29 is 4.79 Å². The van der Waals surface area contributed by atoms with Crippen molar-refractivity contribution in [2.75, 3.05) is 11.6 Å². The van der Waals surface area contributed by atoms with Crippen LogP contribution < -0.4 is 11.2 Å². The number of benzene rings is 2. The predicted octanol–water partition coefficient (Wildman–Crippen LogP) is 3.52. The number of aromatic nitrogens is 3. The minimum Gasteiger partial charge on any atom is -0.352 e. The third-order valence-electron chi connectivity index (χ3n) is 5.75. The minimum atomic E-state index is 0.0346. The highest BCUT2D eigenvalue weighted by molar-refractivity contribution is 7.99. The SMILES string of the molecule is C[C@@H]1CCCC[C@@H]1NC(=O)CSc1nnc(Cc2cccc3ccccc23)n1N. The van der Waals surface area contributed by atoms with E-state index in [1.54, 1.807) is 0 Å². The van der Waals surface area contributed by atoms with Crippen LogP contribution in [-0.4, -0.2) is 32.6 Å². The Morgan fingerprint density at radius 2 is 1.97 bits per heavy atom. The van der Waals surface area contributed by atoms with Gasteiger partial charge in [-0.15, -0.1) is 10.2 Å². The smallest absolute Gasteiger partial charge is 0.230 e. The molecule has 1 aliphatic rings. The van der Waals surface area contributed by atoms with Crippen molar-refractivity contribution in [3.05, 3.63) is 53.9 Å². The fraction of sp³-hybridized carbons (Fsp3) is 0.409.